The SMILES string of the molecule is CCCOc1cc2c(SC)c(c1)Cc1cc(OCCC)cc(c1SC)Cc1cc(OCCC)cc(c1SC)Cc1cc(OCCC)cc(c1SC)C2. The lowest BCUT2D eigenvalue weighted by atomic mass is 9.92. The largest absolute Gasteiger partial charge is 0.494 e. The summed E-state index contributed by atoms with van der Waals surface area (Å²) in [6, 6.07) is 18.3. The van der Waals surface area contributed by atoms with E-state index in [1.165, 1.54) is 64.1 Å². The number of fused-ring (bicyclic) bond motifs is 8. The first-order chi connectivity index (χ1) is 25.4. The molecule has 0 fully saturated rings. The molecule has 280 valence electrons. The molecule has 0 saturated carbocycles. The summed E-state index contributed by atoms with van der Waals surface area (Å²) >= 11 is 7.37. The average molecular weight is 777 g/mol. The highest BCUT2D eigenvalue weighted by Gasteiger charge is 2.23. The topological polar surface area (TPSA) is 36.9 Å². The van der Waals surface area contributed by atoms with E-state index in [1.54, 1.807) is 0 Å². The molecular formula is C44H56O4S4. The fourth-order valence-electron chi connectivity index (χ4n) is 7.02. The Hall–Kier alpha value is -2.52. The van der Waals surface area contributed by atoms with Crippen molar-refractivity contribution in [1.82, 2.24) is 0 Å². The van der Waals surface area contributed by atoms with Gasteiger partial charge in [-0.15, -0.1) is 47.0 Å². The minimum Gasteiger partial charge on any atom is -0.494 e. The number of hydrogen-bond donors (Lipinski definition) is 0. The van der Waals surface area contributed by atoms with E-state index in [4.69, 9.17) is 18.9 Å². The summed E-state index contributed by atoms with van der Waals surface area (Å²) in [6.45, 7) is 11.4. The molecule has 0 amide bonds. The van der Waals surface area contributed by atoms with E-state index in [1.807, 2.05) is 47.0 Å². The molecule has 5 rings (SSSR count). The van der Waals surface area contributed by atoms with Crippen LogP contribution >= 0.6 is 47.0 Å². The first kappa shape index (κ1) is 40.7. The Morgan fingerprint density at radius 1 is 0.346 bits per heavy atom. The highest BCUT2D eigenvalue weighted by Crippen LogP contribution is 2.42. The van der Waals surface area contributed by atoms with Gasteiger partial charge >= 0.3 is 0 Å². The molecule has 0 aliphatic heterocycles. The predicted octanol–water partition coefficient (Wildman–Crippen LogP) is 12.4. The number of ether oxygens (including phenoxy) is 4. The zero-order valence-corrected chi connectivity index (χ0v) is 35.6. The van der Waals surface area contributed by atoms with Crippen LogP contribution in [0, 0.1) is 0 Å². The Labute approximate surface area is 330 Å². The van der Waals surface area contributed by atoms with E-state index in [0.29, 0.717) is 26.4 Å². The number of thioether (sulfide) groups is 4. The lowest BCUT2D eigenvalue weighted by Gasteiger charge is -2.23. The highest BCUT2D eigenvalue weighted by molar-refractivity contribution is 7.99. The van der Waals surface area contributed by atoms with Crippen molar-refractivity contribution in [3.8, 4) is 23.0 Å². The Morgan fingerprint density at radius 2 is 0.519 bits per heavy atom. The maximum absolute atomic E-state index is 6.40. The zero-order chi connectivity index (χ0) is 37.0. The fourth-order valence-corrected chi connectivity index (χ4v) is 10.2. The first-order valence-corrected chi connectivity index (χ1v) is 23.6. The molecule has 0 heterocycles. The van der Waals surface area contributed by atoms with Crippen LogP contribution in [0.5, 0.6) is 23.0 Å². The molecule has 1 aliphatic rings. The molecule has 4 aromatic rings. The van der Waals surface area contributed by atoms with Crippen LogP contribution in [0.3, 0.4) is 0 Å². The maximum Gasteiger partial charge on any atom is 0.119 e. The molecule has 0 saturated heterocycles. The Balaban J connectivity index is 1.85. The van der Waals surface area contributed by atoms with Crippen molar-refractivity contribution in [3.63, 3.8) is 0 Å². The van der Waals surface area contributed by atoms with Gasteiger partial charge in [-0.25, -0.2) is 0 Å². The molecule has 8 heteroatoms. The standard InChI is InChI=1S/C44H56O4S4/c1-9-13-45-37-21-29-17-31-23-38(46-14-10-2)25-33(42(31)50-6)19-35-27-40(48-16-12-4)28-36(44(35)52-8)20-34-26-39(47-15-11-3)24-32(43(34)51-7)18-30(22-37)41(29)49-5/h21-28H,9-20H2,1-8H3. The van der Waals surface area contributed by atoms with Crippen molar-refractivity contribution < 1.29 is 18.9 Å². The Kier molecular flexibility index (Phi) is 15.8. The third-order valence-corrected chi connectivity index (χ3v) is 12.8. The van der Waals surface area contributed by atoms with Crippen LogP contribution in [0.25, 0.3) is 0 Å². The average Bonchev–Trinajstić information content (AvgIpc) is 3.14. The third kappa shape index (κ3) is 9.96. The Bertz CT molecular complexity index is 1450. The van der Waals surface area contributed by atoms with Crippen LogP contribution in [0.15, 0.2) is 68.1 Å². The lowest BCUT2D eigenvalue weighted by molar-refractivity contribution is 0.316. The molecular weight excluding hydrogens is 721 g/mol. The number of hydrogen-bond acceptors (Lipinski definition) is 8. The van der Waals surface area contributed by atoms with E-state index >= 15 is 0 Å². The summed E-state index contributed by atoms with van der Waals surface area (Å²) < 4.78 is 25.6. The van der Waals surface area contributed by atoms with Gasteiger partial charge in [0.15, 0.2) is 0 Å². The molecule has 0 radical (unpaired) electrons. The zero-order valence-electron chi connectivity index (χ0n) is 32.4. The second-order valence-corrected chi connectivity index (χ2v) is 16.5. The summed E-state index contributed by atoms with van der Waals surface area (Å²) in [5.41, 5.74) is 10.4. The van der Waals surface area contributed by atoms with E-state index in [0.717, 1.165) is 74.4 Å². The molecule has 1 aliphatic carbocycles. The van der Waals surface area contributed by atoms with Crippen molar-refractivity contribution in [1.29, 1.82) is 0 Å². The van der Waals surface area contributed by atoms with Crippen LogP contribution < -0.4 is 18.9 Å². The van der Waals surface area contributed by atoms with Crippen molar-refractivity contribution in [3.05, 3.63) is 93.0 Å². The highest BCUT2D eigenvalue weighted by atomic mass is 32.2. The van der Waals surface area contributed by atoms with Gasteiger partial charge in [-0.2, -0.15) is 0 Å². The second-order valence-electron chi connectivity index (χ2n) is 13.2. The van der Waals surface area contributed by atoms with Gasteiger partial charge in [-0.1, -0.05) is 27.7 Å². The smallest absolute Gasteiger partial charge is 0.119 e. The maximum atomic E-state index is 6.40. The minimum absolute atomic E-state index is 0.693. The molecule has 52 heavy (non-hydrogen) atoms. The molecule has 0 N–H and O–H groups in total. The van der Waals surface area contributed by atoms with Gasteiger partial charge in [0, 0.05) is 19.6 Å². The van der Waals surface area contributed by atoms with Crippen LogP contribution in [-0.4, -0.2) is 51.5 Å². The summed E-state index contributed by atoms with van der Waals surface area (Å²) in [4.78, 5) is 5.30. The Morgan fingerprint density at radius 3 is 0.654 bits per heavy atom. The summed E-state index contributed by atoms with van der Waals surface area (Å²) in [7, 11) is 0. The van der Waals surface area contributed by atoms with Gasteiger partial charge in [0.25, 0.3) is 0 Å². The van der Waals surface area contributed by atoms with Gasteiger partial charge in [0.1, 0.15) is 23.0 Å². The normalized spacial score (nSPS) is 12.5. The lowest BCUT2D eigenvalue weighted by Crippen LogP contribution is -2.08. The van der Waals surface area contributed by atoms with Crippen LogP contribution in [0.1, 0.15) is 97.9 Å². The molecule has 4 nitrogen and oxygen atoms in total. The van der Waals surface area contributed by atoms with E-state index in [-0.39, 0.29) is 0 Å². The van der Waals surface area contributed by atoms with E-state index < -0.39 is 0 Å². The molecule has 0 atom stereocenters. The van der Waals surface area contributed by atoms with Crippen molar-refractivity contribution >= 4 is 47.0 Å². The van der Waals surface area contributed by atoms with Crippen molar-refractivity contribution in [2.45, 2.75) is 98.6 Å². The minimum atomic E-state index is 0.693. The van der Waals surface area contributed by atoms with E-state index in [2.05, 4.69) is 101 Å². The summed E-state index contributed by atoms with van der Waals surface area (Å²) in [5, 5.41) is 0. The quantitative estimate of drug-likeness (QED) is 0.0917. The second kappa shape index (κ2) is 20.2. The molecule has 8 bridgehead atoms. The predicted molar refractivity (Wildman–Crippen MR) is 227 cm³/mol. The van der Waals surface area contributed by atoms with Gasteiger partial charge in [0.05, 0.1) is 26.4 Å². The fraction of sp³-hybridized carbons (Fsp3) is 0.455. The number of benzene rings is 4. The third-order valence-electron chi connectivity index (χ3n) is 9.10. The van der Waals surface area contributed by atoms with Crippen molar-refractivity contribution in [2.24, 2.45) is 0 Å². The molecule has 0 unspecified atom stereocenters. The van der Waals surface area contributed by atoms with Crippen LogP contribution in [0.2, 0.25) is 0 Å². The van der Waals surface area contributed by atoms with Gasteiger partial charge in [-0.05, 0) is 169 Å². The van der Waals surface area contributed by atoms with Gasteiger partial charge in [0.2, 0.25) is 0 Å². The van der Waals surface area contributed by atoms with Crippen molar-refractivity contribution in [2.75, 3.05) is 51.5 Å². The molecule has 0 spiro atoms. The summed E-state index contributed by atoms with van der Waals surface area (Å²) in [6.07, 6.45) is 15.9. The molecule has 4 aromatic carbocycles. The summed E-state index contributed by atoms with van der Waals surface area (Å²) in [5.74, 6) is 3.77. The van der Waals surface area contributed by atoms with Crippen LogP contribution in [0.4, 0.5) is 0 Å². The van der Waals surface area contributed by atoms with Crippen LogP contribution in [-0.2, 0) is 25.7 Å². The van der Waals surface area contributed by atoms with E-state index in [9.17, 15) is 0 Å². The molecule has 0 aromatic heterocycles. The van der Waals surface area contributed by atoms with Gasteiger partial charge < -0.3 is 18.9 Å². The van der Waals surface area contributed by atoms with Gasteiger partial charge in [-0.3, -0.25) is 0 Å². The number of rotatable bonds is 16. The monoisotopic (exact) mass is 776 g/mol. The first-order valence-electron chi connectivity index (χ1n) is 18.7.